The van der Waals surface area contributed by atoms with Crippen LogP contribution in [0.4, 0.5) is 19.4 Å². The number of aromatic nitrogens is 3. The number of hydrogen-bond donors (Lipinski definition) is 3. The molecule has 1 unspecified atom stereocenters. The summed E-state index contributed by atoms with van der Waals surface area (Å²) in [5.41, 5.74) is 1.24. The van der Waals surface area contributed by atoms with Crippen LogP contribution >= 0.6 is 11.6 Å². The van der Waals surface area contributed by atoms with Crippen molar-refractivity contribution in [2.45, 2.75) is 51.9 Å². The Morgan fingerprint density at radius 2 is 1.84 bits per heavy atom. The number of alkyl carbamates (subject to hydrolysis) is 1. The maximum absolute atomic E-state index is 14.2. The summed E-state index contributed by atoms with van der Waals surface area (Å²) in [5.74, 6) is 4.34. The van der Waals surface area contributed by atoms with Crippen molar-refractivity contribution in [3.05, 3.63) is 76.1 Å². The van der Waals surface area contributed by atoms with E-state index in [1.165, 1.54) is 32.2 Å². The molecule has 3 N–H and O–H groups in total. The molecule has 0 saturated heterocycles. The molecule has 2 heterocycles. The number of amides is 1. The van der Waals surface area contributed by atoms with Crippen LogP contribution in [0.5, 0.6) is 0 Å². The van der Waals surface area contributed by atoms with Crippen molar-refractivity contribution in [3.63, 3.8) is 0 Å². The van der Waals surface area contributed by atoms with Crippen molar-refractivity contribution in [3.8, 4) is 23.0 Å². The molecule has 2 aromatic heterocycles. The van der Waals surface area contributed by atoms with E-state index in [9.17, 15) is 23.2 Å². The molecular formula is C31H32ClF2N5O4S. The number of anilines is 1. The molecule has 2 aromatic carbocycles. The molecular weight excluding hydrogens is 612 g/mol. The summed E-state index contributed by atoms with van der Waals surface area (Å²) in [6, 6.07) is 8.96. The van der Waals surface area contributed by atoms with Gasteiger partial charge in [-0.3, -0.25) is 4.68 Å². The van der Waals surface area contributed by atoms with Gasteiger partial charge < -0.3 is 19.7 Å². The first-order chi connectivity index (χ1) is 20.6. The minimum absolute atomic E-state index is 0.0615. The summed E-state index contributed by atoms with van der Waals surface area (Å²) in [6.45, 7) is 6.44. The van der Waals surface area contributed by atoms with Crippen molar-refractivity contribution in [1.29, 1.82) is 0 Å². The van der Waals surface area contributed by atoms with Crippen LogP contribution in [-0.4, -0.2) is 48.5 Å². The van der Waals surface area contributed by atoms with E-state index in [2.05, 4.69) is 27.0 Å². The first-order valence-corrected chi connectivity index (χ1v) is 15.5. The molecule has 4 aromatic rings. The maximum Gasteiger partial charge on any atom is 0.407 e. The molecule has 0 aliphatic heterocycles. The van der Waals surface area contributed by atoms with E-state index in [1.807, 2.05) is 0 Å². The molecule has 9 nitrogen and oxygen atoms in total. The largest absolute Gasteiger partial charge is 0.593 e. The van der Waals surface area contributed by atoms with Gasteiger partial charge in [0.1, 0.15) is 29.2 Å². The van der Waals surface area contributed by atoms with Gasteiger partial charge in [0.05, 0.1) is 45.1 Å². The van der Waals surface area contributed by atoms with Crippen LogP contribution in [0.15, 0.2) is 42.5 Å². The number of fused-ring (bicyclic) bond motifs is 1. The Morgan fingerprint density at radius 1 is 1.18 bits per heavy atom. The van der Waals surface area contributed by atoms with Gasteiger partial charge in [-0.1, -0.05) is 23.6 Å². The Hall–Kier alpha value is -3.89. The standard InChI is InChI=1S/C31H32ClF2N5O4S/c1-17(2)43-30(40)36-25(15-18-13-19(33)16-20(34)14-18)27-22(8-7-21(35-27)11-12-31(3,4)41)23-9-10-24(32)26-28(23)39(5)37-29(26)38-44(6)42/h7-10,13-14,16-17,25,41H,15H2,1-6H3,(H,36,40)(H,37,38)/t25-,44?/m0/s1. The van der Waals surface area contributed by atoms with E-state index in [1.54, 1.807) is 49.8 Å². The minimum atomic E-state index is -1.44. The van der Waals surface area contributed by atoms with Gasteiger partial charge in [-0.15, -0.1) is 0 Å². The fraction of sp³-hybridized carbons (Fsp3) is 0.323. The topological polar surface area (TPSA) is 124 Å². The summed E-state index contributed by atoms with van der Waals surface area (Å²) >= 11 is 5.15. The second-order valence-corrected chi connectivity index (χ2v) is 12.4. The Balaban J connectivity index is 1.99. The number of aliphatic hydroxyl groups is 1. The third-order valence-electron chi connectivity index (χ3n) is 6.22. The van der Waals surface area contributed by atoms with Gasteiger partial charge in [-0.2, -0.15) is 9.82 Å². The molecule has 0 bridgehead atoms. The maximum atomic E-state index is 14.2. The Labute approximate surface area is 262 Å². The highest BCUT2D eigenvalue weighted by atomic mass is 35.5. The van der Waals surface area contributed by atoms with Gasteiger partial charge >= 0.3 is 6.09 Å². The smallest absolute Gasteiger partial charge is 0.407 e. The van der Waals surface area contributed by atoms with E-state index in [-0.39, 0.29) is 17.7 Å². The minimum Gasteiger partial charge on any atom is -0.593 e. The zero-order valence-electron chi connectivity index (χ0n) is 25.0. The normalized spacial score (nSPS) is 12.9. The van der Waals surface area contributed by atoms with Crippen LogP contribution in [0.25, 0.3) is 22.0 Å². The lowest BCUT2D eigenvalue weighted by Crippen LogP contribution is -2.33. The summed E-state index contributed by atoms with van der Waals surface area (Å²) < 4.78 is 50.2. The highest BCUT2D eigenvalue weighted by Gasteiger charge is 2.26. The fourth-order valence-corrected chi connectivity index (χ4v) is 5.29. The summed E-state index contributed by atoms with van der Waals surface area (Å²) in [6.07, 6.45) is 0.198. The van der Waals surface area contributed by atoms with Crippen LogP contribution < -0.4 is 10.0 Å². The average molecular weight is 644 g/mol. The monoisotopic (exact) mass is 643 g/mol. The molecule has 0 spiro atoms. The van der Waals surface area contributed by atoms with Gasteiger partial charge in [-0.05, 0) is 75.9 Å². The lowest BCUT2D eigenvalue weighted by atomic mass is 9.94. The molecule has 0 fully saturated rings. The first-order valence-electron chi connectivity index (χ1n) is 13.6. The van der Waals surface area contributed by atoms with E-state index < -0.39 is 46.8 Å². The molecule has 0 aliphatic carbocycles. The predicted molar refractivity (Wildman–Crippen MR) is 167 cm³/mol. The summed E-state index contributed by atoms with van der Waals surface area (Å²) in [4.78, 5) is 17.7. The number of rotatable bonds is 8. The molecule has 0 aliphatic rings. The van der Waals surface area contributed by atoms with Crippen molar-refractivity contribution < 1.29 is 28.0 Å². The quantitative estimate of drug-likeness (QED) is 0.163. The molecule has 232 valence electrons. The van der Waals surface area contributed by atoms with Crippen LogP contribution in [0.2, 0.25) is 5.02 Å². The Morgan fingerprint density at radius 3 is 2.45 bits per heavy atom. The molecule has 4 rings (SSSR count). The van der Waals surface area contributed by atoms with Crippen LogP contribution in [0.3, 0.4) is 0 Å². The second-order valence-electron chi connectivity index (χ2n) is 10.9. The fourth-order valence-electron chi connectivity index (χ4n) is 4.63. The van der Waals surface area contributed by atoms with Crippen LogP contribution in [0.1, 0.15) is 50.7 Å². The lowest BCUT2D eigenvalue weighted by molar-refractivity contribution is 0.112. The van der Waals surface area contributed by atoms with Gasteiger partial charge in [0, 0.05) is 24.2 Å². The molecule has 0 saturated carbocycles. The molecule has 13 heteroatoms. The highest BCUT2D eigenvalue weighted by Crippen LogP contribution is 2.40. The predicted octanol–water partition coefficient (Wildman–Crippen LogP) is 5.81. The van der Waals surface area contributed by atoms with E-state index >= 15 is 0 Å². The third-order valence-corrected chi connectivity index (χ3v) is 7.01. The third kappa shape index (κ3) is 8.18. The van der Waals surface area contributed by atoms with Gasteiger partial charge in [-0.25, -0.2) is 18.6 Å². The summed E-state index contributed by atoms with van der Waals surface area (Å²) in [5, 5.41) is 18.3. The van der Waals surface area contributed by atoms with E-state index in [0.29, 0.717) is 38.6 Å². The number of aryl methyl sites for hydroxylation is 1. The lowest BCUT2D eigenvalue weighted by Gasteiger charge is -2.23. The van der Waals surface area contributed by atoms with Crippen LogP contribution in [0, 0.1) is 23.5 Å². The van der Waals surface area contributed by atoms with Gasteiger partial charge in [0.25, 0.3) is 0 Å². The van der Waals surface area contributed by atoms with Crippen molar-refractivity contribution in [2.75, 3.05) is 11.0 Å². The molecule has 44 heavy (non-hydrogen) atoms. The number of pyridine rings is 1. The van der Waals surface area contributed by atoms with Crippen molar-refractivity contribution in [1.82, 2.24) is 20.1 Å². The SMILES string of the molecule is CC(C)OC(=O)N[C@@H](Cc1cc(F)cc(F)c1)c1nc(C#CC(C)(C)O)ccc1-c1ccc(Cl)c2c(N[S+](C)[O-])nn(C)c12. The number of carbonyl (C=O) groups excluding carboxylic acids is 1. The second kappa shape index (κ2) is 13.4. The number of nitrogens with zero attached hydrogens (tertiary/aromatic N) is 3. The Kier molecular flexibility index (Phi) is 10.1. The number of halogens is 3. The molecule has 1 amide bonds. The number of carbonyl (C=O) groups is 1. The van der Waals surface area contributed by atoms with Gasteiger partial charge in [0.15, 0.2) is 0 Å². The van der Waals surface area contributed by atoms with Crippen molar-refractivity contribution >= 4 is 45.8 Å². The zero-order chi connectivity index (χ0) is 32.3. The molecule has 2 atom stereocenters. The number of benzene rings is 2. The number of nitrogens with one attached hydrogen (secondary N) is 2. The number of ether oxygens (including phenoxy) is 1. The van der Waals surface area contributed by atoms with Crippen LogP contribution in [-0.2, 0) is 29.6 Å². The summed E-state index contributed by atoms with van der Waals surface area (Å²) in [7, 11) is 1.70. The van der Waals surface area contributed by atoms with E-state index in [0.717, 1.165) is 6.07 Å². The Bertz CT molecular complexity index is 1740. The first kappa shape index (κ1) is 33.0. The average Bonchev–Trinajstić information content (AvgIpc) is 3.21. The number of hydrogen-bond acceptors (Lipinski definition) is 7. The molecule has 0 radical (unpaired) electrons. The van der Waals surface area contributed by atoms with Gasteiger partial charge in [0.2, 0.25) is 5.82 Å². The van der Waals surface area contributed by atoms with E-state index in [4.69, 9.17) is 21.3 Å². The highest BCUT2D eigenvalue weighted by molar-refractivity contribution is 7.92. The zero-order valence-corrected chi connectivity index (χ0v) is 26.5. The van der Waals surface area contributed by atoms with Crippen molar-refractivity contribution in [2.24, 2.45) is 7.05 Å².